The molecule has 134 valence electrons. The smallest absolute Gasteiger partial charge is 0.234 e. The van der Waals surface area contributed by atoms with E-state index in [0.29, 0.717) is 17.0 Å². The third kappa shape index (κ3) is 4.47. The Labute approximate surface area is 160 Å². The molecule has 0 aliphatic carbocycles. The molecule has 1 amide bonds. The van der Waals surface area contributed by atoms with Gasteiger partial charge in [0.05, 0.1) is 11.4 Å². The summed E-state index contributed by atoms with van der Waals surface area (Å²) in [5.74, 6) is -1.46. The number of nitrogens with one attached hydrogen (secondary N) is 2. The topological polar surface area (TPSA) is 70.7 Å². The first-order valence-electron chi connectivity index (χ1n) is 7.49. The number of carbonyl (C=O) groups excluding carboxylic acids is 1. The van der Waals surface area contributed by atoms with Gasteiger partial charge in [0, 0.05) is 16.1 Å². The van der Waals surface area contributed by atoms with Crippen molar-refractivity contribution < 1.29 is 13.6 Å². The molecule has 0 spiro atoms. The molecule has 5 nitrogen and oxygen atoms in total. The molecular weight excluding hydrogens is 426 g/mol. The largest absolute Gasteiger partial charge is 0.322 e. The fraction of sp³-hybridized carbons (Fsp3) is 0.118. The molecule has 0 radical (unpaired) electrons. The first-order valence-corrected chi connectivity index (χ1v) is 9.27. The lowest BCUT2D eigenvalue weighted by Gasteiger charge is -2.08. The predicted molar refractivity (Wildman–Crippen MR) is 100.0 cm³/mol. The lowest BCUT2D eigenvalue weighted by molar-refractivity contribution is -0.113. The summed E-state index contributed by atoms with van der Waals surface area (Å²) in [7, 11) is 0. The highest BCUT2D eigenvalue weighted by Gasteiger charge is 2.14. The molecule has 1 aromatic heterocycles. The van der Waals surface area contributed by atoms with E-state index in [1.165, 1.54) is 0 Å². The third-order valence-electron chi connectivity index (χ3n) is 3.39. The Morgan fingerprint density at radius 1 is 1.27 bits per heavy atom. The number of amides is 1. The number of benzene rings is 2. The van der Waals surface area contributed by atoms with Crippen molar-refractivity contribution in [1.82, 2.24) is 15.2 Å². The van der Waals surface area contributed by atoms with Crippen molar-refractivity contribution >= 4 is 39.3 Å². The summed E-state index contributed by atoms with van der Waals surface area (Å²) >= 11 is 4.13. The molecule has 0 saturated heterocycles. The van der Waals surface area contributed by atoms with Crippen molar-refractivity contribution in [2.75, 3.05) is 11.1 Å². The second-order valence-corrected chi connectivity index (χ2v) is 7.21. The second-order valence-electron chi connectivity index (χ2n) is 5.41. The van der Waals surface area contributed by atoms with Crippen molar-refractivity contribution in [2.45, 2.75) is 12.1 Å². The minimum Gasteiger partial charge on any atom is -0.322 e. The maximum Gasteiger partial charge on any atom is 0.234 e. The van der Waals surface area contributed by atoms with E-state index in [4.69, 9.17) is 0 Å². The van der Waals surface area contributed by atoms with Crippen molar-refractivity contribution in [3.8, 4) is 11.4 Å². The minimum atomic E-state index is -0.852. The first-order chi connectivity index (χ1) is 12.4. The number of thioether (sulfide) groups is 1. The number of hydrogen-bond donors (Lipinski definition) is 2. The van der Waals surface area contributed by atoms with Crippen LogP contribution in [0.3, 0.4) is 0 Å². The molecule has 1 heterocycles. The van der Waals surface area contributed by atoms with E-state index < -0.39 is 17.5 Å². The van der Waals surface area contributed by atoms with Gasteiger partial charge in [-0.25, -0.2) is 13.8 Å². The summed E-state index contributed by atoms with van der Waals surface area (Å²) in [5.41, 5.74) is 1.92. The van der Waals surface area contributed by atoms with Crippen molar-refractivity contribution in [1.29, 1.82) is 0 Å². The number of aromatic nitrogens is 3. The number of aryl methyl sites for hydroxylation is 1. The van der Waals surface area contributed by atoms with Gasteiger partial charge in [0.15, 0.2) is 11.6 Å². The van der Waals surface area contributed by atoms with E-state index >= 15 is 0 Å². The van der Waals surface area contributed by atoms with Crippen LogP contribution in [0.2, 0.25) is 0 Å². The molecule has 0 aliphatic heterocycles. The summed E-state index contributed by atoms with van der Waals surface area (Å²) in [6, 6.07) is 9.56. The SMILES string of the molecule is Cc1ccc(-c2nc(SCC(=O)Nc3c(F)cc(F)cc3Br)n[nH]2)cc1. The number of rotatable bonds is 5. The van der Waals surface area contributed by atoms with Crippen LogP contribution in [0.25, 0.3) is 11.4 Å². The van der Waals surface area contributed by atoms with Gasteiger partial charge < -0.3 is 5.32 Å². The Balaban J connectivity index is 1.61. The monoisotopic (exact) mass is 438 g/mol. The highest BCUT2D eigenvalue weighted by Crippen LogP contribution is 2.27. The summed E-state index contributed by atoms with van der Waals surface area (Å²) in [5, 5.41) is 9.68. The Kier molecular flexibility index (Phi) is 5.67. The Bertz CT molecular complexity index is 923. The van der Waals surface area contributed by atoms with Crippen LogP contribution in [0.1, 0.15) is 5.56 Å². The van der Waals surface area contributed by atoms with Crippen LogP contribution in [0, 0.1) is 18.6 Å². The van der Waals surface area contributed by atoms with Gasteiger partial charge in [-0.1, -0.05) is 41.6 Å². The zero-order valence-electron chi connectivity index (χ0n) is 13.5. The first kappa shape index (κ1) is 18.5. The Hall–Kier alpha value is -2.26. The summed E-state index contributed by atoms with van der Waals surface area (Å²) in [6.45, 7) is 1.99. The van der Waals surface area contributed by atoms with Crippen LogP contribution in [0.4, 0.5) is 14.5 Å². The normalized spacial score (nSPS) is 10.8. The zero-order valence-corrected chi connectivity index (χ0v) is 15.9. The molecule has 0 atom stereocenters. The summed E-state index contributed by atoms with van der Waals surface area (Å²) in [6.07, 6.45) is 0. The molecule has 26 heavy (non-hydrogen) atoms. The maximum atomic E-state index is 13.7. The van der Waals surface area contributed by atoms with Crippen LogP contribution < -0.4 is 5.32 Å². The van der Waals surface area contributed by atoms with Gasteiger partial charge in [-0.05, 0) is 28.9 Å². The quantitative estimate of drug-likeness (QED) is 0.573. The standard InChI is InChI=1S/C17H13BrF2N4OS/c1-9-2-4-10(5-3-9)16-22-17(24-23-16)26-8-14(25)21-15-12(18)6-11(19)7-13(15)20/h2-7H,8H2,1H3,(H,21,25)(H,22,23,24). The van der Waals surface area contributed by atoms with Gasteiger partial charge in [0.1, 0.15) is 5.82 Å². The Morgan fingerprint density at radius 3 is 2.69 bits per heavy atom. The van der Waals surface area contributed by atoms with E-state index in [9.17, 15) is 13.6 Å². The summed E-state index contributed by atoms with van der Waals surface area (Å²) in [4.78, 5) is 16.3. The lowest BCUT2D eigenvalue weighted by Crippen LogP contribution is -2.15. The van der Waals surface area contributed by atoms with Crippen LogP contribution in [0.5, 0.6) is 0 Å². The number of anilines is 1. The lowest BCUT2D eigenvalue weighted by atomic mass is 10.1. The van der Waals surface area contributed by atoms with Gasteiger partial charge in [-0.15, -0.1) is 5.10 Å². The van der Waals surface area contributed by atoms with E-state index in [2.05, 4.69) is 36.4 Å². The predicted octanol–water partition coefficient (Wildman–Crippen LogP) is 4.55. The molecule has 9 heteroatoms. The number of aromatic amines is 1. The molecule has 2 aromatic carbocycles. The molecule has 3 aromatic rings. The fourth-order valence-corrected chi connectivity index (χ4v) is 3.22. The molecular formula is C17H13BrF2N4OS. The third-order valence-corrected chi connectivity index (χ3v) is 4.87. The molecule has 3 rings (SSSR count). The van der Waals surface area contributed by atoms with Gasteiger partial charge >= 0.3 is 0 Å². The maximum absolute atomic E-state index is 13.7. The highest BCUT2D eigenvalue weighted by molar-refractivity contribution is 9.10. The van der Waals surface area contributed by atoms with E-state index in [1.807, 2.05) is 31.2 Å². The number of H-pyrrole nitrogens is 1. The van der Waals surface area contributed by atoms with Gasteiger partial charge in [-0.3, -0.25) is 9.89 Å². The van der Waals surface area contributed by atoms with Crippen molar-refractivity contribution in [2.24, 2.45) is 0 Å². The van der Waals surface area contributed by atoms with Crippen LogP contribution in [-0.4, -0.2) is 26.8 Å². The number of carbonyl (C=O) groups is 1. The molecule has 0 fully saturated rings. The zero-order chi connectivity index (χ0) is 18.7. The highest BCUT2D eigenvalue weighted by atomic mass is 79.9. The average molecular weight is 439 g/mol. The van der Waals surface area contributed by atoms with Crippen LogP contribution >= 0.6 is 27.7 Å². The molecule has 0 saturated carbocycles. The number of halogens is 3. The minimum absolute atomic E-state index is 0.0194. The van der Waals surface area contributed by atoms with Crippen molar-refractivity contribution in [3.63, 3.8) is 0 Å². The van der Waals surface area contributed by atoms with E-state index in [-0.39, 0.29) is 15.9 Å². The fourth-order valence-electron chi connectivity index (χ4n) is 2.12. The molecule has 2 N–H and O–H groups in total. The van der Waals surface area contributed by atoms with Crippen LogP contribution in [-0.2, 0) is 4.79 Å². The average Bonchev–Trinajstić information content (AvgIpc) is 3.06. The number of hydrogen-bond acceptors (Lipinski definition) is 4. The van der Waals surface area contributed by atoms with E-state index in [1.54, 1.807) is 0 Å². The second kappa shape index (κ2) is 7.96. The van der Waals surface area contributed by atoms with Crippen molar-refractivity contribution in [3.05, 3.63) is 58.1 Å². The molecule has 0 unspecified atom stereocenters. The van der Waals surface area contributed by atoms with Gasteiger partial charge in [0.2, 0.25) is 11.1 Å². The Morgan fingerprint density at radius 2 is 2.00 bits per heavy atom. The van der Waals surface area contributed by atoms with E-state index in [0.717, 1.165) is 29.0 Å². The summed E-state index contributed by atoms with van der Waals surface area (Å²) < 4.78 is 26.9. The van der Waals surface area contributed by atoms with Crippen LogP contribution in [0.15, 0.2) is 46.0 Å². The molecule has 0 aliphatic rings. The van der Waals surface area contributed by atoms with Gasteiger partial charge in [-0.2, -0.15) is 0 Å². The number of nitrogens with zero attached hydrogens (tertiary/aromatic N) is 2. The molecule has 0 bridgehead atoms. The van der Waals surface area contributed by atoms with Gasteiger partial charge in [0.25, 0.3) is 0 Å².